The summed E-state index contributed by atoms with van der Waals surface area (Å²) in [5, 5.41) is 2.71. The van der Waals surface area contributed by atoms with Crippen molar-refractivity contribution in [3.8, 4) is 0 Å². The first-order valence-electron chi connectivity index (χ1n) is 7.52. The number of carbonyl (C=O) groups excluding carboxylic acids is 1. The molecule has 27 heavy (non-hydrogen) atoms. The van der Waals surface area contributed by atoms with Gasteiger partial charge in [-0.2, -0.15) is 8.42 Å². The van der Waals surface area contributed by atoms with Gasteiger partial charge in [0.1, 0.15) is 6.04 Å². The van der Waals surface area contributed by atoms with Crippen LogP contribution in [0.25, 0.3) is 0 Å². The standard InChI is InChI=1S/C16H16ClNO2S.H2O4S.H2O/c1-20-16(19)15(12-4-2-3-5-13(12)17)18-8-6-14-11(10-18)7-9-21-14;1-5(2,3)4;/h2-5,7,9,15H,6,8,10H2,1H3;(H2,1,2,3,4);1H2/t15-;;/m0../s1. The molecule has 1 atom stereocenters. The third kappa shape index (κ3) is 6.85. The van der Waals surface area contributed by atoms with E-state index in [1.54, 1.807) is 11.3 Å². The first-order valence-corrected chi connectivity index (χ1v) is 10.2. The first-order chi connectivity index (χ1) is 12.2. The van der Waals surface area contributed by atoms with Crippen molar-refractivity contribution in [3.63, 3.8) is 0 Å². The molecule has 0 saturated carbocycles. The molecule has 1 aliphatic heterocycles. The quantitative estimate of drug-likeness (QED) is 0.554. The number of halogens is 1. The molecule has 1 aromatic carbocycles. The highest BCUT2D eigenvalue weighted by Crippen LogP contribution is 2.33. The Kier molecular flexibility index (Phi) is 8.82. The van der Waals surface area contributed by atoms with E-state index in [2.05, 4.69) is 16.3 Å². The molecule has 2 aromatic rings. The van der Waals surface area contributed by atoms with Crippen molar-refractivity contribution in [2.24, 2.45) is 0 Å². The van der Waals surface area contributed by atoms with Crippen molar-refractivity contribution < 1.29 is 32.5 Å². The van der Waals surface area contributed by atoms with Crippen LogP contribution in [0.5, 0.6) is 0 Å². The molecule has 3 rings (SSSR count). The van der Waals surface area contributed by atoms with Crippen molar-refractivity contribution in [1.29, 1.82) is 0 Å². The van der Waals surface area contributed by atoms with Gasteiger partial charge < -0.3 is 10.2 Å². The van der Waals surface area contributed by atoms with Crippen molar-refractivity contribution in [3.05, 3.63) is 56.7 Å². The molecular weight excluding hydrogens is 418 g/mol. The van der Waals surface area contributed by atoms with Gasteiger partial charge in [0.2, 0.25) is 0 Å². The van der Waals surface area contributed by atoms with E-state index in [0.717, 1.165) is 25.1 Å². The Hall–Kier alpha value is -1.53. The molecule has 0 spiro atoms. The Labute approximate surface area is 166 Å². The van der Waals surface area contributed by atoms with Gasteiger partial charge in [0.25, 0.3) is 0 Å². The maximum Gasteiger partial charge on any atom is 0.394 e. The molecule has 4 N–H and O–H groups in total. The molecule has 0 aliphatic carbocycles. The second kappa shape index (κ2) is 10.1. The summed E-state index contributed by atoms with van der Waals surface area (Å²) in [5.74, 6) is -0.262. The largest absolute Gasteiger partial charge is 0.468 e. The van der Waals surface area contributed by atoms with E-state index < -0.39 is 16.4 Å². The summed E-state index contributed by atoms with van der Waals surface area (Å²) in [6.07, 6.45) is 0.963. The highest BCUT2D eigenvalue weighted by Gasteiger charge is 2.32. The highest BCUT2D eigenvalue weighted by atomic mass is 35.5. The fraction of sp³-hybridized carbons (Fsp3) is 0.312. The van der Waals surface area contributed by atoms with Gasteiger partial charge in [-0.05, 0) is 35.1 Å². The van der Waals surface area contributed by atoms with E-state index in [4.69, 9.17) is 33.9 Å². The Morgan fingerprint density at radius 2 is 1.93 bits per heavy atom. The Balaban J connectivity index is 0.000000542. The summed E-state index contributed by atoms with van der Waals surface area (Å²) >= 11 is 8.07. The lowest BCUT2D eigenvalue weighted by molar-refractivity contribution is -0.147. The van der Waals surface area contributed by atoms with Crippen molar-refractivity contribution in [2.45, 2.75) is 19.0 Å². The molecule has 2 heterocycles. The minimum Gasteiger partial charge on any atom is -0.468 e. The molecule has 8 nitrogen and oxygen atoms in total. The number of methoxy groups -OCH3 is 1. The third-order valence-electron chi connectivity index (χ3n) is 3.83. The second-order valence-corrected chi connectivity index (χ2v) is 7.79. The number of thiophene rings is 1. The maximum atomic E-state index is 12.3. The predicted molar refractivity (Wildman–Crippen MR) is 102 cm³/mol. The van der Waals surface area contributed by atoms with Crippen molar-refractivity contribution >= 4 is 39.3 Å². The minimum absolute atomic E-state index is 0. The van der Waals surface area contributed by atoms with Gasteiger partial charge in [-0.15, -0.1) is 11.3 Å². The number of esters is 1. The SMILES string of the molecule is COC(=O)[C@H](c1ccccc1Cl)N1CCc2sccc2C1.O.O=S(=O)(O)O. The molecule has 0 unspecified atom stereocenters. The number of rotatable bonds is 3. The third-order valence-corrected chi connectivity index (χ3v) is 5.19. The van der Waals surface area contributed by atoms with E-state index >= 15 is 0 Å². The van der Waals surface area contributed by atoms with Crippen LogP contribution >= 0.6 is 22.9 Å². The molecule has 1 aliphatic rings. The normalized spacial score (nSPS) is 14.8. The zero-order chi connectivity index (χ0) is 19.3. The lowest BCUT2D eigenvalue weighted by Gasteiger charge is -2.33. The van der Waals surface area contributed by atoms with Crippen molar-refractivity contribution in [1.82, 2.24) is 4.90 Å². The molecular formula is C16H20ClNO7S2. The summed E-state index contributed by atoms with van der Waals surface area (Å²) in [6, 6.07) is 9.16. The lowest BCUT2D eigenvalue weighted by atomic mass is 10.0. The predicted octanol–water partition coefficient (Wildman–Crippen LogP) is 2.20. The molecule has 150 valence electrons. The van der Waals surface area contributed by atoms with E-state index in [1.807, 2.05) is 24.3 Å². The molecule has 0 amide bonds. The fourth-order valence-corrected chi connectivity index (χ4v) is 3.90. The average Bonchev–Trinajstić information content (AvgIpc) is 3.03. The fourth-order valence-electron chi connectivity index (χ4n) is 2.77. The van der Waals surface area contributed by atoms with E-state index in [-0.39, 0.29) is 11.4 Å². The molecule has 11 heteroatoms. The summed E-state index contributed by atoms with van der Waals surface area (Å²) in [4.78, 5) is 15.8. The van der Waals surface area contributed by atoms with Crippen LogP contribution in [0.15, 0.2) is 35.7 Å². The van der Waals surface area contributed by atoms with Gasteiger partial charge in [-0.3, -0.25) is 14.0 Å². The Bertz CT molecular complexity index is 861. The summed E-state index contributed by atoms with van der Waals surface area (Å²) in [5.41, 5.74) is 2.11. The second-order valence-electron chi connectivity index (χ2n) is 5.48. The van der Waals surface area contributed by atoms with Gasteiger partial charge >= 0.3 is 16.4 Å². The van der Waals surface area contributed by atoms with Crippen LogP contribution in [0.3, 0.4) is 0 Å². The maximum absolute atomic E-state index is 12.3. The first kappa shape index (κ1) is 23.5. The molecule has 0 bridgehead atoms. The number of benzene rings is 1. The lowest BCUT2D eigenvalue weighted by Crippen LogP contribution is -2.38. The van der Waals surface area contributed by atoms with Crippen LogP contribution in [0, 0.1) is 0 Å². The van der Waals surface area contributed by atoms with Gasteiger partial charge in [0.15, 0.2) is 0 Å². The highest BCUT2D eigenvalue weighted by molar-refractivity contribution is 7.79. The number of hydrogen-bond donors (Lipinski definition) is 2. The average molecular weight is 438 g/mol. The van der Waals surface area contributed by atoms with Gasteiger partial charge in [-0.25, -0.2) is 4.79 Å². The van der Waals surface area contributed by atoms with Crippen LogP contribution in [0.4, 0.5) is 0 Å². The van der Waals surface area contributed by atoms with E-state index in [0.29, 0.717) is 5.02 Å². The van der Waals surface area contributed by atoms with Crippen LogP contribution in [0.2, 0.25) is 5.02 Å². The molecule has 0 saturated heterocycles. The minimum atomic E-state index is -4.67. The van der Waals surface area contributed by atoms with Gasteiger partial charge in [0, 0.05) is 23.0 Å². The Morgan fingerprint density at radius 3 is 2.52 bits per heavy atom. The number of ether oxygens (including phenoxy) is 1. The number of nitrogens with zero attached hydrogens (tertiary/aromatic N) is 1. The zero-order valence-corrected chi connectivity index (χ0v) is 16.7. The van der Waals surface area contributed by atoms with Crippen LogP contribution in [-0.4, -0.2) is 47.5 Å². The molecule has 0 fully saturated rings. The monoisotopic (exact) mass is 437 g/mol. The van der Waals surface area contributed by atoms with Crippen LogP contribution in [0.1, 0.15) is 22.0 Å². The Morgan fingerprint density at radius 1 is 1.30 bits per heavy atom. The smallest absolute Gasteiger partial charge is 0.394 e. The van der Waals surface area contributed by atoms with E-state index in [9.17, 15) is 4.79 Å². The summed E-state index contributed by atoms with van der Waals surface area (Å²) in [6.45, 7) is 1.59. The van der Waals surface area contributed by atoms with Crippen LogP contribution < -0.4 is 0 Å². The van der Waals surface area contributed by atoms with Crippen molar-refractivity contribution in [2.75, 3.05) is 13.7 Å². The van der Waals surface area contributed by atoms with Crippen LogP contribution in [-0.2, 0) is 32.9 Å². The topological polar surface area (TPSA) is 136 Å². The summed E-state index contributed by atoms with van der Waals surface area (Å²) in [7, 11) is -3.24. The summed E-state index contributed by atoms with van der Waals surface area (Å²) < 4.78 is 36.6. The van der Waals surface area contributed by atoms with E-state index in [1.165, 1.54) is 17.6 Å². The molecule has 1 aromatic heterocycles. The van der Waals surface area contributed by atoms with Gasteiger partial charge in [-0.1, -0.05) is 29.8 Å². The number of fused-ring (bicyclic) bond motifs is 1. The zero-order valence-electron chi connectivity index (χ0n) is 14.3. The number of hydrogen-bond acceptors (Lipinski definition) is 6. The number of carbonyl (C=O) groups is 1. The van der Waals surface area contributed by atoms with Gasteiger partial charge in [0.05, 0.1) is 7.11 Å². The molecule has 0 radical (unpaired) electrons.